The summed E-state index contributed by atoms with van der Waals surface area (Å²) < 4.78 is 28.5. The smallest absolute Gasteiger partial charge is 0.330 e. The maximum Gasteiger partial charge on any atom is 0.330 e. The Labute approximate surface area is 273 Å². The highest BCUT2D eigenvalue weighted by Gasteiger charge is 2.51. The largest absolute Gasteiger partial charge is 0.481 e. The Morgan fingerprint density at radius 3 is 2.36 bits per heavy atom. The quantitative estimate of drug-likeness (QED) is 0.157. The van der Waals surface area contributed by atoms with Gasteiger partial charge in [0.05, 0.1) is 48.8 Å². The number of fused-ring (bicyclic) bond motifs is 3. The predicted molar refractivity (Wildman–Crippen MR) is 165 cm³/mol. The number of epoxide rings is 1. The normalized spacial score (nSPS) is 44.5. The number of aliphatic hydroxyl groups excluding tert-OH is 4. The summed E-state index contributed by atoms with van der Waals surface area (Å²) in [5, 5.41) is 63.9. The molecule has 47 heavy (non-hydrogen) atoms. The lowest BCUT2D eigenvalue weighted by Gasteiger charge is -2.45. The molecule has 0 aromatic heterocycles. The van der Waals surface area contributed by atoms with E-state index >= 15 is 0 Å². The minimum Gasteiger partial charge on any atom is -0.481 e. The molecule has 4 heterocycles. The molecular formula is C33H47NO13. The molecule has 0 amide bonds. The van der Waals surface area contributed by atoms with Crippen molar-refractivity contribution in [3.8, 4) is 0 Å². The predicted octanol–water partition coefficient (Wildman–Crippen LogP) is 0.120. The number of aliphatic carboxylic acids is 1. The van der Waals surface area contributed by atoms with Crippen molar-refractivity contribution in [2.75, 3.05) is 0 Å². The van der Waals surface area contributed by atoms with E-state index in [4.69, 9.17) is 29.4 Å². The first-order valence-corrected chi connectivity index (χ1v) is 15.9. The fourth-order valence-electron chi connectivity index (χ4n) is 6.00. The number of cyclic esters (lactones) is 1. The zero-order chi connectivity index (χ0) is 34.3. The van der Waals surface area contributed by atoms with Crippen LogP contribution in [0, 0.1) is 5.92 Å². The van der Waals surface area contributed by atoms with Crippen LogP contribution >= 0.6 is 0 Å². The van der Waals surface area contributed by atoms with Crippen LogP contribution in [0.3, 0.4) is 0 Å². The molecule has 0 radical (unpaired) electrons. The first-order valence-electron chi connectivity index (χ1n) is 15.9. The second-order valence-corrected chi connectivity index (χ2v) is 12.6. The summed E-state index contributed by atoms with van der Waals surface area (Å²) in [5.41, 5.74) is 5.98. The van der Waals surface area contributed by atoms with Gasteiger partial charge in [0.1, 0.15) is 24.2 Å². The van der Waals surface area contributed by atoms with Gasteiger partial charge < -0.3 is 60.1 Å². The molecule has 2 bridgehead atoms. The molecule has 3 saturated heterocycles. The number of nitrogens with two attached hydrogens (primary N) is 1. The molecule has 262 valence electrons. The lowest BCUT2D eigenvalue weighted by Crippen LogP contribution is -2.61. The Hall–Kier alpha value is -2.76. The van der Waals surface area contributed by atoms with Gasteiger partial charge in [0.2, 0.25) is 0 Å². The third kappa shape index (κ3) is 10.6. The molecule has 14 heteroatoms. The monoisotopic (exact) mass is 665 g/mol. The van der Waals surface area contributed by atoms with Gasteiger partial charge in [0.15, 0.2) is 12.1 Å². The van der Waals surface area contributed by atoms with Crippen LogP contribution in [0.2, 0.25) is 0 Å². The maximum absolute atomic E-state index is 12.3. The number of carboxylic acid groups (broad SMARTS) is 1. The van der Waals surface area contributed by atoms with E-state index in [1.807, 2.05) is 6.08 Å². The van der Waals surface area contributed by atoms with Crippen LogP contribution in [0.15, 0.2) is 60.8 Å². The molecule has 3 fully saturated rings. The molecular weight excluding hydrogens is 618 g/mol. The lowest BCUT2D eigenvalue weighted by molar-refractivity contribution is -0.308. The van der Waals surface area contributed by atoms with Gasteiger partial charge in [-0.05, 0) is 19.9 Å². The molecule has 4 aliphatic rings. The van der Waals surface area contributed by atoms with Gasteiger partial charge in [0, 0.05) is 38.2 Å². The molecule has 4 rings (SSSR count). The standard InChI is InChI=1S/C33H47NO13/c1-18-10-8-6-4-3-5-7-9-11-21(45-32-30(39)28(34)29(38)19(2)44-32)15-25-27(31(40)41)22(36)17-33(42,47-25)16-20(35)14-24-23(46-24)12-13-26(37)43-18/h3-9,11-13,18-25,27-30,32,35-36,38-39,42H,10,14-17,34H2,1-2H3,(H,40,41)/b4-3?,7-5?,8-6?,11-9+,13-12?/t18-,19-,20-,21?,22-,23+,24+,25?,27+,28+,29-,30+,32+,33+/m1/s1. The molecule has 2 unspecified atom stereocenters. The summed E-state index contributed by atoms with van der Waals surface area (Å²) in [7, 11) is 0. The highest BCUT2D eigenvalue weighted by molar-refractivity contribution is 5.82. The summed E-state index contributed by atoms with van der Waals surface area (Å²) >= 11 is 0. The van der Waals surface area contributed by atoms with Gasteiger partial charge in [-0.25, -0.2) is 4.79 Å². The number of carboxylic acids is 1. The van der Waals surface area contributed by atoms with Gasteiger partial charge in [-0.3, -0.25) is 4.79 Å². The fraction of sp³-hybridized carbons (Fsp3) is 0.636. The maximum atomic E-state index is 12.3. The molecule has 0 aromatic rings. The number of ether oxygens (including phenoxy) is 5. The highest BCUT2D eigenvalue weighted by Crippen LogP contribution is 2.39. The number of allylic oxidation sites excluding steroid dienone is 6. The van der Waals surface area contributed by atoms with Crippen LogP contribution in [0.25, 0.3) is 0 Å². The second kappa shape index (κ2) is 16.6. The molecule has 0 aliphatic carbocycles. The van der Waals surface area contributed by atoms with Gasteiger partial charge in [-0.1, -0.05) is 48.6 Å². The van der Waals surface area contributed by atoms with E-state index in [2.05, 4.69) is 0 Å². The molecule has 0 spiro atoms. The third-order valence-electron chi connectivity index (χ3n) is 8.58. The van der Waals surface area contributed by atoms with E-state index in [1.54, 1.807) is 56.4 Å². The minimum atomic E-state index is -2.10. The minimum absolute atomic E-state index is 0.0789. The number of carbonyl (C=O) groups is 2. The van der Waals surface area contributed by atoms with Crippen molar-refractivity contribution in [1.29, 1.82) is 0 Å². The van der Waals surface area contributed by atoms with Crippen molar-refractivity contribution >= 4 is 11.9 Å². The summed E-state index contributed by atoms with van der Waals surface area (Å²) in [6.45, 7) is 3.34. The van der Waals surface area contributed by atoms with Crippen LogP contribution in [0.4, 0.5) is 0 Å². The van der Waals surface area contributed by atoms with E-state index in [0.717, 1.165) is 0 Å². The van der Waals surface area contributed by atoms with Crippen molar-refractivity contribution in [3.63, 3.8) is 0 Å². The Balaban J connectivity index is 1.58. The third-order valence-corrected chi connectivity index (χ3v) is 8.58. The number of hydrogen-bond acceptors (Lipinski definition) is 13. The number of rotatable bonds is 3. The van der Waals surface area contributed by atoms with Crippen LogP contribution in [-0.4, -0.2) is 122 Å². The average Bonchev–Trinajstić information content (AvgIpc) is 3.72. The summed E-state index contributed by atoms with van der Waals surface area (Å²) in [4.78, 5) is 24.4. The number of hydrogen-bond donors (Lipinski definition) is 7. The van der Waals surface area contributed by atoms with Crippen LogP contribution in [-0.2, 0) is 33.3 Å². The summed E-state index contributed by atoms with van der Waals surface area (Å²) in [6.07, 6.45) is 5.25. The van der Waals surface area contributed by atoms with E-state index in [9.17, 15) is 40.2 Å². The fourth-order valence-corrected chi connectivity index (χ4v) is 6.00. The van der Waals surface area contributed by atoms with E-state index in [-0.39, 0.29) is 25.4 Å². The van der Waals surface area contributed by atoms with Crippen molar-refractivity contribution < 1.29 is 63.9 Å². The van der Waals surface area contributed by atoms with Crippen molar-refractivity contribution in [2.24, 2.45) is 11.7 Å². The molecule has 0 saturated carbocycles. The van der Waals surface area contributed by atoms with Crippen LogP contribution < -0.4 is 5.73 Å². The molecule has 14 nitrogen and oxygen atoms in total. The SMILES string of the molecule is C[C@@H]1CC=CC=CC=C/C=C/C(O[C@@H]2O[C@H](C)[C@@H](O)[C@H](N)[C@@H]2O)CC2O[C@@](O)(C[C@H](O)C[C@@H]3O[C@H]3C=CC(=O)O1)C[C@@H](O)[C@@H]2C(=O)O. The van der Waals surface area contributed by atoms with Gasteiger partial charge >= 0.3 is 11.9 Å². The second-order valence-electron chi connectivity index (χ2n) is 12.6. The first-order chi connectivity index (χ1) is 22.3. The van der Waals surface area contributed by atoms with Crippen molar-refractivity contribution in [2.45, 2.75) is 125 Å². The Kier molecular flexibility index (Phi) is 13.1. The summed E-state index contributed by atoms with van der Waals surface area (Å²) in [5.74, 6) is -5.45. The summed E-state index contributed by atoms with van der Waals surface area (Å²) in [6, 6.07) is -1.08. The van der Waals surface area contributed by atoms with Crippen LogP contribution in [0.5, 0.6) is 0 Å². The molecule has 14 atom stereocenters. The number of esters is 1. The first kappa shape index (κ1) is 37.1. The number of aliphatic hydroxyl groups is 5. The van der Waals surface area contributed by atoms with Crippen molar-refractivity contribution in [3.05, 3.63) is 60.8 Å². The Bertz CT molecular complexity index is 1220. The van der Waals surface area contributed by atoms with Gasteiger partial charge in [-0.15, -0.1) is 0 Å². The van der Waals surface area contributed by atoms with Crippen molar-refractivity contribution in [1.82, 2.24) is 0 Å². The Morgan fingerprint density at radius 1 is 0.936 bits per heavy atom. The highest BCUT2D eigenvalue weighted by atomic mass is 16.7. The zero-order valence-electron chi connectivity index (χ0n) is 26.4. The van der Waals surface area contributed by atoms with E-state index in [0.29, 0.717) is 6.42 Å². The zero-order valence-corrected chi connectivity index (χ0v) is 26.4. The topological polar surface area (TPSA) is 231 Å². The van der Waals surface area contributed by atoms with Crippen LogP contribution in [0.1, 0.15) is 46.0 Å². The van der Waals surface area contributed by atoms with Gasteiger partial charge in [0.25, 0.3) is 0 Å². The van der Waals surface area contributed by atoms with Gasteiger partial charge in [-0.2, -0.15) is 0 Å². The van der Waals surface area contributed by atoms with E-state index < -0.39 is 97.3 Å². The molecule has 8 N–H and O–H groups in total. The van der Waals surface area contributed by atoms with E-state index in [1.165, 1.54) is 12.2 Å². The Morgan fingerprint density at radius 2 is 1.64 bits per heavy atom. The molecule has 0 aromatic carbocycles. The number of carbonyl (C=O) groups excluding carboxylic acids is 1. The molecule has 4 aliphatic heterocycles. The average molecular weight is 666 g/mol. The lowest BCUT2D eigenvalue weighted by atomic mass is 9.83.